The van der Waals surface area contributed by atoms with Gasteiger partial charge in [0.1, 0.15) is 17.5 Å². The first-order valence-electron chi connectivity index (χ1n) is 8.99. The van der Waals surface area contributed by atoms with Crippen LogP contribution in [0.25, 0.3) is 0 Å². The largest absolute Gasteiger partial charge is 0.460 e. The highest BCUT2D eigenvalue weighted by Crippen LogP contribution is 2.25. The molecule has 3 N–H and O–H groups in total. The lowest BCUT2D eigenvalue weighted by Crippen LogP contribution is -2.51. The third kappa shape index (κ3) is 6.30. The van der Waals surface area contributed by atoms with Gasteiger partial charge in [0.05, 0.1) is 17.9 Å². The highest BCUT2D eigenvalue weighted by atomic mass is 19.1. The number of piperidine rings is 1. The number of nitrogens with one attached hydrogen (secondary N) is 1. The van der Waals surface area contributed by atoms with E-state index in [0.717, 1.165) is 0 Å². The van der Waals surface area contributed by atoms with E-state index in [1.165, 1.54) is 25.1 Å². The second kappa shape index (κ2) is 8.45. The van der Waals surface area contributed by atoms with E-state index in [-0.39, 0.29) is 18.3 Å². The molecule has 0 spiro atoms. The maximum Gasteiger partial charge on any atom is 0.410 e. The molecule has 27 heavy (non-hydrogen) atoms. The van der Waals surface area contributed by atoms with Gasteiger partial charge in [-0.1, -0.05) is 0 Å². The molecule has 2 atom stereocenters. The van der Waals surface area contributed by atoms with Gasteiger partial charge in [-0.05, 0) is 45.4 Å². The van der Waals surface area contributed by atoms with E-state index in [1.54, 1.807) is 25.7 Å². The van der Waals surface area contributed by atoms with Gasteiger partial charge in [-0.2, -0.15) is 0 Å². The van der Waals surface area contributed by atoms with Crippen LogP contribution in [0.1, 0.15) is 34.1 Å². The van der Waals surface area contributed by atoms with Crippen molar-refractivity contribution in [2.24, 2.45) is 5.92 Å². The quantitative estimate of drug-likeness (QED) is 0.615. The third-order valence-electron chi connectivity index (χ3n) is 4.23. The van der Waals surface area contributed by atoms with Crippen molar-refractivity contribution >= 4 is 23.4 Å². The molecule has 0 bridgehead atoms. The molecule has 1 amide bonds. The Morgan fingerprint density at radius 2 is 2.07 bits per heavy atom. The number of esters is 1. The van der Waals surface area contributed by atoms with Gasteiger partial charge in [0.25, 0.3) is 0 Å². The van der Waals surface area contributed by atoms with Gasteiger partial charge in [-0.25, -0.2) is 9.18 Å². The number of benzene rings is 1. The average Bonchev–Trinajstić information content (AvgIpc) is 2.54. The fourth-order valence-corrected chi connectivity index (χ4v) is 2.96. The molecule has 150 valence electrons. The number of carbonyl (C=O) groups excluding carboxylic acids is 2. The highest BCUT2D eigenvalue weighted by Gasteiger charge is 2.35. The maximum absolute atomic E-state index is 13.4. The third-order valence-corrected chi connectivity index (χ3v) is 4.23. The van der Waals surface area contributed by atoms with Crippen molar-refractivity contribution in [1.82, 2.24) is 4.90 Å². The molecule has 1 aliphatic heterocycles. The lowest BCUT2D eigenvalue weighted by Gasteiger charge is -2.38. The summed E-state index contributed by atoms with van der Waals surface area (Å²) in [5.41, 5.74) is 6.19. The van der Waals surface area contributed by atoms with Crippen LogP contribution in [0.15, 0.2) is 18.2 Å². The van der Waals surface area contributed by atoms with Crippen LogP contribution in [0.2, 0.25) is 0 Å². The zero-order valence-electron chi connectivity index (χ0n) is 16.3. The number of nitrogens with two attached hydrogens (primary N) is 1. The van der Waals surface area contributed by atoms with Crippen LogP contribution in [0.5, 0.6) is 0 Å². The number of nitrogen functional groups attached to an aromatic ring is 1. The van der Waals surface area contributed by atoms with E-state index in [0.29, 0.717) is 30.9 Å². The second-order valence-electron chi connectivity index (χ2n) is 7.74. The zero-order valence-corrected chi connectivity index (χ0v) is 16.3. The minimum Gasteiger partial charge on any atom is -0.460 e. The van der Waals surface area contributed by atoms with E-state index < -0.39 is 23.8 Å². The number of anilines is 2. The molecule has 0 aromatic heterocycles. The first kappa shape index (κ1) is 20.8. The lowest BCUT2D eigenvalue weighted by molar-refractivity contribution is -0.152. The topological polar surface area (TPSA) is 93.9 Å². The van der Waals surface area contributed by atoms with Gasteiger partial charge in [0.15, 0.2) is 0 Å². The Morgan fingerprint density at radius 1 is 1.37 bits per heavy atom. The molecule has 7 nitrogen and oxygen atoms in total. The number of hydrogen-bond donors (Lipinski definition) is 2. The highest BCUT2D eigenvalue weighted by molar-refractivity contribution is 5.69. The summed E-state index contributed by atoms with van der Waals surface area (Å²) in [7, 11) is 0. The van der Waals surface area contributed by atoms with Crippen molar-refractivity contribution in [1.29, 1.82) is 0 Å². The van der Waals surface area contributed by atoms with Gasteiger partial charge in [0.2, 0.25) is 0 Å². The Hall–Kier alpha value is -2.51. The molecule has 0 aliphatic carbocycles. The van der Waals surface area contributed by atoms with Crippen molar-refractivity contribution in [2.75, 3.05) is 30.7 Å². The minimum atomic E-state index is -0.596. The second-order valence-corrected chi connectivity index (χ2v) is 7.74. The Kier molecular flexibility index (Phi) is 6.51. The summed E-state index contributed by atoms with van der Waals surface area (Å²) in [6.07, 6.45) is -0.300. The van der Waals surface area contributed by atoms with Crippen molar-refractivity contribution in [3.8, 4) is 0 Å². The number of nitrogens with zero attached hydrogens (tertiary/aromatic N) is 1. The molecular weight excluding hydrogens is 353 g/mol. The number of carbonyl (C=O) groups is 2. The first-order valence-corrected chi connectivity index (χ1v) is 8.99. The van der Waals surface area contributed by atoms with Gasteiger partial charge in [0, 0.05) is 25.9 Å². The van der Waals surface area contributed by atoms with Gasteiger partial charge >= 0.3 is 12.1 Å². The van der Waals surface area contributed by atoms with Crippen LogP contribution in [-0.4, -0.2) is 48.3 Å². The Bertz CT molecular complexity index is 690. The normalized spacial score (nSPS) is 20.1. The van der Waals surface area contributed by atoms with E-state index in [9.17, 15) is 14.0 Å². The summed E-state index contributed by atoms with van der Waals surface area (Å²) in [6.45, 7) is 7.91. The van der Waals surface area contributed by atoms with E-state index in [2.05, 4.69) is 5.32 Å². The number of amides is 1. The molecule has 1 heterocycles. The summed E-state index contributed by atoms with van der Waals surface area (Å²) < 4.78 is 24.2. The molecular formula is C19H28FN3O4. The van der Waals surface area contributed by atoms with Gasteiger partial charge < -0.3 is 25.4 Å². The number of halogens is 1. The number of rotatable bonds is 4. The summed E-state index contributed by atoms with van der Waals surface area (Å²) in [5.74, 6) is -0.848. The maximum atomic E-state index is 13.4. The molecule has 0 radical (unpaired) electrons. The number of likely N-dealkylation sites (tertiary alicyclic amines) is 1. The molecule has 0 saturated carbocycles. The molecule has 2 rings (SSSR count). The summed E-state index contributed by atoms with van der Waals surface area (Å²) in [5, 5.41) is 3.12. The Balaban J connectivity index is 2.02. The van der Waals surface area contributed by atoms with Crippen LogP contribution < -0.4 is 11.1 Å². The average molecular weight is 381 g/mol. The standard InChI is InChI=1S/C19H28FN3O4/c1-12(24)26-17-11-23(18(25)27-19(2,3)4)8-7-13(17)10-22-16-9-14(20)5-6-15(16)21/h5-6,9,13,17,22H,7-8,10-11,21H2,1-4H3/t13?,17-/m0/s1. The van der Waals surface area contributed by atoms with Crippen molar-refractivity contribution < 1.29 is 23.5 Å². The summed E-state index contributed by atoms with van der Waals surface area (Å²) in [6, 6.07) is 4.11. The van der Waals surface area contributed by atoms with Crippen LogP contribution in [-0.2, 0) is 14.3 Å². The van der Waals surface area contributed by atoms with Crippen LogP contribution in [0, 0.1) is 11.7 Å². The minimum absolute atomic E-state index is 0.0461. The van der Waals surface area contributed by atoms with Crippen LogP contribution in [0.3, 0.4) is 0 Å². The van der Waals surface area contributed by atoms with Crippen molar-refractivity contribution in [3.05, 3.63) is 24.0 Å². The fourth-order valence-electron chi connectivity index (χ4n) is 2.96. The molecule has 1 saturated heterocycles. The monoisotopic (exact) mass is 381 g/mol. The number of hydrogen-bond acceptors (Lipinski definition) is 6. The lowest BCUT2D eigenvalue weighted by atomic mass is 9.93. The first-order chi connectivity index (χ1) is 12.5. The predicted octanol–water partition coefficient (Wildman–Crippen LogP) is 3.01. The fraction of sp³-hybridized carbons (Fsp3) is 0.579. The molecule has 1 fully saturated rings. The molecule has 1 aromatic rings. The van der Waals surface area contributed by atoms with Crippen molar-refractivity contribution in [3.63, 3.8) is 0 Å². The smallest absolute Gasteiger partial charge is 0.410 e. The predicted molar refractivity (Wildman–Crippen MR) is 101 cm³/mol. The Labute approximate surface area is 159 Å². The van der Waals surface area contributed by atoms with E-state index in [1.807, 2.05) is 0 Å². The Morgan fingerprint density at radius 3 is 2.70 bits per heavy atom. The summed E-state index contributed by atoms with van der Waals surface area (Å²) in [4.78, 5) is 25.3. The van der Waals surface area contributed by atoms with Gasteiger partial charge in [-0.3, -0.25) is 4.79 Å². The SMILES string of the molecule is CC(=O)O[C@H]1CN(C(=O)OC(C)(C)C)CCC1CNc1cc(F)ccc1N. The van der Waals surface area contributed by atoms with E-state index >= 15 is 0 Å². The van der Waals surface area contributed by atoms with Crippen LogP contribution in [0.4, 0.5) is 20.6 Å². The van der Waals surface area contributed by atoms with E-state index in [4.69, 9.17) is 15.2 Å². The van der Waals surface area contributed by atoms with Crippen molar-refractivity contribution in [2.45, 2.75) is 45.8 Å². The number of ether oxygens (including phenoxy) is 2. The van der Waals surface area contributed by atoms with Gasteiger partial charge in [-0.15, -0.1) is 0 Å². The molecule has 8 heteroatoms. The molecule has 1 aliphatic rings. The van der Waals surface area contributed by atoms with Crippen LogP contribution >= 0.6 is 0 Å². The molecule has 1 aromatic carbocycles. The zero-order chi connectivity index (χ0) is 20.2. The molecule has 1 unspecified atom stereocenters. The summed E-state index contributed by atoms with van der Waals surface area (Å²) >= 11 is 0.